The van der Waals surface area contributed by atoms with E-state index < -0.39 is 0 Å². The number of hydrogen-bond donors (Lipinski definition) is 2. The van der Waals surface area contributed by atoms with E-state index in [1.165, 1.54) is 0 Å². The number of ether oxygens (including phenoxy) is 2. The zero-order chi connectivity index (χ0) is 15.5. The van der Waals surface area contributed by atoms with E-state index in [0.717, 1.165) is 36.3 Å². The van der Waals surface area contributed by atoms with Gasteiger partial charge in [0, 0.05) is 29.7 Å². The average molecular weight is 293 g/mol. The lowest BCUT2D eigenvalue weighted by Crippen LogP contribution is -2.42. The Kier molecular flexibility index (Phi) is 5.12. The molecule has 4 heteroatoms. The first-order valence-electron chi connectivity index (χ1n) is 7.63. The monoisotopic (exact) mass is 293 g/mol. The van der Waals surface area contributed by atoms with Gasteiger partial charge in [0.25, 0.3) is 0 Å². The highest BCUT2D eigenvalue weighted by Crippen LogP contribution is 2.39. The molecule has 3 atom stereocenters. The van der Waals surface area contributed by atoms with Gasteiger partial charge < -0.3 is 19.9 Å². The lowest BCUT2D eigenvalue weighted by Gasteiger charge is -2.33. The van der Waals surface area contributed by atoms with Gasteiger partial charge in [-0.15, -0.1) is 0 Å². The van der Waals surface area contributed by atoms with E-state index in [4.69, 9.17) is 9.47 Å². The van der Waals surface area contributed by atoms with Gasteiger partial charge in [-0.05, 0) is 38.0 Å². The number of aliphatic hydroxyl groups is 1. The zero-order valence-electron chi connectivity index (χ0n) is 13.5. The molecule has 1 aliphatic rings. The van der Waals surface area contributed by atoms with Crippen molar-refractivity contribution in [3.05, 3.63) is 23.8 Å². The molecule has 0 radical (unpaired) electrons. The average Bonchev–Trinajstić information content (AvgIpc) is 2.88. The fraction of sp³-hybridized carbons (Fsp3) is 0.647. The third kappa shape index (κ3) is 3.33. The van der Waals surface area contributed by atoms with Crippen LogP contribution in [0.25, 0.3) is 0 Å². The van der Waals surface area contributed by atoms with Crippen LogP contribution in [-0.4, -0.2) is 32.0 Å². The first-order valence-corrected chi connectivity index (χ1v) is 7.63. The largest absolute Gasteiger partial charge is 0.497 e. The van der Waals surface area contributed by atoms with Crippen molar-refractivity contribution in [3.8, 4) is 11.5 Å². The molecule has 0 aromatic heterocycles. The number of methoxy groups -OCH3 is 2. The number of hydrogen-bond acceptors (Lipinski definition) is 4. The summed E-state index contributed by atoms with van der Waals surface area (Å²) in [6.07, 6.45) is 3.34. The fourth-order valence-corrected chi connectivity index (χ4v) is 3.28. The molecule has 0 heterocycles. The molecule has 0 saturated heterocycles. The van der Waals surface area contributed by atoms with E-state index in [0.29, 0.717) is 6.04 Å². The molecule has 0 spiro atoms. The Labute approximate surface area is 127 Å². The molecule has 1 aromatic carbocycles. The van der Waals surface area contributed by atoms with Crippen molar-refractivity contribution in [1.29, 1.82) is 0 Å². The molecule has 118 valence electrons. The molecule has 1 aliphatic carbocycles. The van der Waals surface area contributed by atoms with E-state index >= 15 is 0 Å². The highest BCUT2D eigenvalue weighted by Gasteiger charge is 2.38. The highest BCUT2D eigenvalue weighted by atomic mass is 16.5. The zero-order valence-corrected chi connectivity index (χ0v) is 13.5. The predicted octanol–water partition coefficient (Wildman–Crippen LogP) is 2.91. The van der Waals surface area contributed by atoms with Crippen LogP contribution in [0.5, 0.6) is 11.5 Å². The quantitative estimate of drug-likeness (QED) is 0.847. The number of rotatable bonds is 6. The predicted molar refractivity (Wildman–Crippen MR) is 83.9 cm³/mol. The third-order valence-electron chi connectivity index (χ3n) is 4.80. The van der Waals surface area contributed by atoms with Crippen LogP contribution in [0.4, 0.5) is 0 Å². The summed E-state index contributed by atoms with van der Waals surface area (Å²) in [6.45, 7) is 4.52. The summed E-state index contributed by atoms with van der Waals surface area (Å²) < 4.78 is 10.8. The number of aliphatic hydroxyl groups excluding tert-OH is 1. The minimum Gasteiger partial charge on any atom is -0.497 e. The first kappa shape index (κ1) is 16.1. The van der Waals surface area contributed by atoms with Gasteiger partial charge in [-0.1, -0.05) is 13.3 Å². The Bertz CT molecular complexity index is 477. The normalized spacial score (nSPS) is 26.6. The van der Waals surface area contributed by atoms with Crippen LogP contribution in [-0.2, 0) is 0 Å². The minimum absolute atomic E-state index is 0.0274. The van der Waals surface area contributed by atoms with Crippen LogP contribution in [0.15, 0.2) is 18.2 Å². The molecule has 2 rings (SSSR count). The summed E-state index contributed by atoms with van der Waals surface area (Å²) in [6, 6.07) is 6.33. The second-order valence-corrected chi connectivity index (χ2v) is 6.25. The minimum atomic E-state index is -0.0274. The Morgan fingerprint density at radius 3 is 2.76 bits per heavy atom. The van der Waals surface area contributed by atoms with E-state index in [1.54, 1.807) is 14.2 Å². The summed E-state index contributed by atoms with van der Waals surface area (Å²) in [5.41, 5.74) is 1.06. The van der Waals surface area contributed by atoms with Crippen LogP contribution in [0.3, 0.4) is 0 Å². The Hall–Kier alpha value is -1.26. The molecule has 0 bridgehead atoms. The molecule has 1 aromatic rings. The lowest BCUT2D eigenvalue weighted by molar-refractivity contribution is 0.114. The van der Waals surface area contributed by atoms with Crippen molar-refractivity contribution in [3.63, 3.8) is 0 Å². The summed E-state index contributed by atoms with van der Waals surface area (Å²) >= 11 is 0. The van der Waals surface area contributed by atoms with Gasteiger partial charge in [-0.25, -0.2) is 0 Å². The van der Waals surface area contributed by atoms with Gasteiger partial charge in [-0.3, -0.25) is 0 Å². The van der Waals surface area contributed by atoms with Crippen molar-refractivity contribution in [1.82, 2.24) is 5.32 Å². The van der Waals surface area contributed by atoms with Gasteiger partial charge in [-0.2, -0.15) is 0 Å². The van der Waals surface area contributed by atoms with E-state index in [2.05, 4.69) is 19.2 Å². The molecular formula is C17H27NO3. The molecule has 3 unspecified atom stereocenters. The SMILES string of the molecule is COc1ccc(OC)c(C(C)NC2CCCC2(C)CO)c1. The maximum Gasteiger partial charge on any atom is 0.123 e. The summed E-state index contributed by atoms with van der Waals surface area (Å²) in [5.74, 6) is 1.69. The topological polar surface area (TPSA) is 50.7 Å². The van der Waals surface area contributed by atoms with E-state index in [1.807, 2.05) is 18.2 Å². The van der Waals surface area contributed by atoms with Crippen LogP contribution in [0.1, 0.15) is 44.7 Å². The maximum atomic E-state index is 9.68. The van der Waals surface area contributed by atoms with Gasteiger partial charge in [0.2, 0.25) is 0 Å². The first-order chi connectivity index (χ1) is 10.0. The van der Waals surface area contributed by atoms with Crippen molar-refractivity contribution < 1.29 is 14.6 Å². The van der Waals surface area contributed by atoms with Crippen molar-refractivity contribution in [2.24, 2.45) is 5.41 Å². The van der Waals surface area contributed by atoms with Crippen LogP contribution < -0.4 is 14.8 Å². The summed E-state index contributed by atoms with van der Waals surface area (Å²) in [5, 5.41) is 13.3. The smallest absolute Gasteiger partial charge is 0.123 e. The van der Waals surface area contributed by atoms with Crippen LogP contribution >= 0.6 is 0 Å². The number of benzene rings is 1. The molecule has 1 saturated carbocycles. The highest BCUT2D eigenvalue weighted by molar-refractivity contribution is 5.42. The maximum absolute atomic E-state index is 9.68. The Morgan fingerprint density at radius 1 is 1.38 bits per heavy atom. The second-order valence-electron chi connectivity index (χ2n) is 6.25. The van der Waals surface area contributed by atoms with Gasteiger partial charge >= 0.3 is 0 Å². The Balaban J connectivity index is 2.18. The van der Waals surface area contributed by atoms with Gasteiger partial charge in [0.15, 0.2) is 0 Å². The molecule has 4 nitrogen and oxygen atoms in total. The number of nitrogens with one attached hydrogen (secondary N) is 1. The lowest BCUT2D eigenvalue weighted by atomic mass is 9.85. The van der Waals surface area contributed by atoms with E-state index in [-0.39, 0.29) is 18.1 Å². The van der Waals surface area contributed by atoms with Crippen LogP contribution in [0.2, 0.25) is 0 Å². The molecule has 0 aliphatic heterocycles. The third-order valence-corrected chi connectivity index (χ3v) is 4.80. The van der Waals surface area contributed by atoms with Gasteiger partial charge in [0.05, 0.1) is 14.2 Å². The molecule has 2 N–H and O–H groups in total. The van der Waals surface area contributed by atoms with E-state index in [9.17, 15) is 5.11 Å². The standard InChI is InChI=1S/C17H27NO3/c1-12(18-16-6-5-9-17(16,2)11-19)14-10-13(20-3)7-8-15(14)21-4/h7-8,10,12,16,18-19H,5-6,9,11H2,1-4H3. The summed E-state index contributed by atoms with van der Waals surface area (Å²) in [4.78, 5) is 0. The Morgan fingerprint density at radius 2 is 2.14 bits per heavy atom. The van der Waals surface area contributed by atoms with Crippen molar-refractivity contribution in [2.45, 2.75) is 45.2 Å². The fourth-order valence-electron chi connectivity index (χ4n) is 3.28. The van der Waals surface area contributed by atoms with Gasteiger partial charge in [0.1, 0.15) is 11.5 Å². The van der Waals surface area contributed by atoms with Crippen LogP contribution in [0, 0.1) is 5.41 Å². The second kappa shape index (κ2) is 6.67. The molecule has 1 fully saturated rings. The molecule has 21 heavy (non-hydrogen) atoms. The summed E-state index contributed by atoms with van der Waals surface area (Å²) in [7, 11) is 3.36. The van der Waals surface area contributed by atoms with Crippen molar-refractivity contribution >= 4 is 0 Å². The van der Waals surface area contributed by atoms with Crippen molar-refractivity contribution in [2.75, 3.05) is 20.8 Å². The molecular weight excluding hydrogens is 266 g/mol. The molecule has 0 amide bonds.